The molecule has 0 saturated heterocycles. The Balaban J connectivity index is 0. The second-order valence-electron chi connectivity index (χ2n) is 3.22. The third kappa shape index (κ3) is 8.84. The minimum Gasteiger partial charge on any atom is -0.361 e. The van der Waals surface area contributed by atoms with E-state index in [0.29, 0.717) is 13.1 Å². The average molecular weight is 416 g/mol. The van der Waals surface area contributed by atoms with Crippen LogP contribution in [0.3, 0.4) is 0 Å². The number of nitrogens with one attached hydrogen (secondary N) is 4. The van der Waals surface area contributed by atoms with Crippen molar-refractivity contribution < 1.29 is 0 Å². The largest absolute Gasteiger partial charge is 0.361 e. The van der Waals surface area contributed by atoms with E-state index in [1.165, 1.54) is 0 Å². The second-order valence-corrected chi connectivity index (χ2v) is 4.12. The summed E-state index contributed by atoms with van der Waals surface area (Å²) >= 11 is 7.69. The van der Waals surface area contributed by atoms with Crippen molar-refractivity contribution in [3.05, 3.63) is 35.4 Å². The summed E-state index contributed by atoms with van der Waals surface area (Å²) in [5.74, 6) is 0. The molecule has 0 unspecified atom stereocenters. The molecule has 0 aliphatic heterocycles. The summed E-state index contributed by atoms with van der Waals surface area (Å²) < 4.78 is 0. The number of benzene rings is 1. The van der Waals surface area contributed by atoms with Gasteiger partial charge in [-0.3, -0.25) is 10.8 Å². The third-order valence-electron chi connectivity index (χ3n) is 1.91. The number of rotatable bonds is 4. The molecule has 0 aliphatic carbocycles. The van der Waals surface area contributed by atoms with Gasteiger partial charge in [0, 0.05) is 13.1 Å². The van der Waals surface area contributed by atoms with E-state index in [-0.39, 0.29) is 44.3 Å². The molecule has 8 heteroatoms. The van der Waals surface area contributed by atoms with Gasteiger partial charge in [0.15, 0.2) is 10.3 Å². The lowest BCUT2D eigenvalue weighted by Gasteiger charge is -2.07. The highest BCUT2D eigenvalue weighted by molar-refractivity contribution is 8.93. The number of hydrogen-bond donors (Lipinski definition) is 6. The Hall–Kier alpha value is -0.180. The first kappa shape index (κ1) is 20.1. The molecular formula is C10H16Br2N4S2. The van der Waals surface area contributed by atoms with Gasteiger partial charge in [0.05, 0.1) is 0 Å². The van der Waals surface area contributed by atoms with Crippen LogP contribution in [0.15, 0.2) is 24.3 Å². The fourth-order valence-electron chi connectivity index (χ4n) is 1.22. The van der Waals surface area contributed by atoms with Crippen molar-refractivity contribution >= 4 is 69.6 Å². The molecule has 0 aromatic heterocycles. The lowest BCUT2D eigenvalue weighted by molar-refractivity contribution is 0.894. The highest BCUT2D eigenvalue weighted by atomic mass is 79.9. The fraction of sp³-hybridized carbons (Fsp3) is 0.200. The van der Waals surface area contributed by atoms with Gasteiger partial charge in [-0.1, -0.05) is 24.3 Å². The predicted molar refractivity (Wildman–Crippen MR) is 94.2 cm³/mol. The minimum atomic E-state index is 0. The van der Waals surface area contributed by atoms with Gasteiger partial charge in [0.2, 0.25) is 0 Å². The summed E-state index contributed by atoms with van der Waals surface area (Å²) in [4.78, 5) is 0. The molecule has 0 aliphatic rings. The van der Waals surface area contributed by atoms with Crippen molar-refractivity contribution in [3.8, 4) is 0 Å². The van der Waals surface area contributed by atoms with Crippen molar-refractivity contribution in [2.75, 3.05) is 0 Å². The summed E-state index contributed by atoms with van der Waals surface area (Å²) in [6.45, 7) is 1.16. The molecule has 0 saturated carbocycles. The van der Waals surface area contributed by atoms with Crippen LogP contribution in [0, 0.1) is 10.8 Å². The van der Waals surface area contributed by atoms with Gasteiger partial charge in [-0.15, -0.1) is 59.2 Å². The first-order chi connectivity index (χ1) is 7.58. The lowest BCUT2D eigenvalue weighted by atomic mass is 10.1. The molecule has 1 aromatic carbocycles. The Morgan fingerprint density at radius 1 is 0.944 bits per heavy atom. The Morgan fingerprint density at radius 3 is 1.67 bits per heavy atom. The van der Waals surface area contributed by atoms with E-state index in [4.69, 9.17) is 10.8 Å². The molecule has 1 rings (SSSR count). The van der Waals surface area contributed by atoms with Crippen molar-refractivity contribution in [2.24, 2.45) is 0 Å². The Labute approximate surface area is 139 Å². The first-order valence-corrected chi connectivity index (χ1v) is 5.58. The Bertz CT molecular complexity index is 368. The number of halogens is 2. The van der Waals surface area contributed by atoms with Crippen LogP contribution in [-0.4, -0.2) is 10.3 Å². The first-order valence-electron chi connectivity index (χ1n) is 4.68. The third-order valence-corrected chi connectivity index (χ3v) is 2.23. The van der Waals surface area contributed by atoms with E-state index >= 15 is 0 Å². The van der Waals surface area contributed by atoms with Crippen LogP contribution in [0.1, 0.15) is 11.1 Å². The molecule has 0 amide bonds. The molecule has 4 N–H and O–H groups in total. The topological polar surface area (TPSA) is 71.8 Å². The summed E-state index contributed by atoms with van der Waals surface area (Å²) in [5.41, 5.74) is 2.15. The molecule has 0 spiro atoms. The van der Waals surface area contributed by atoms with E-state index in [1.807, 2.05) is 24.3 Å². The fourth-order valence-corrected chi connectivity index (χ4v) is 1.38. The van der Waals surface area contributed by atoms with Crippen LogP contribution in [0.25, 0.3) is 0 Å². The van der Waals surface area contributed by atoms with Crippen molar-refractivity contribution in [3.63, 3.8) is 0 Å². The van der Waals surface area contributed by atoms with E-state index in [1.54, 1.807) is 0 Å². The molecule has 0 heterocycles. The van der Waals surface area contributed by atoms with Crippen molar-refractivity contribution in [1.82, 2.24) is 10.6 Å². The minimum absolute atomic E-state index is 0. The molecule has 4 nitrogen and oxygen atoms in total. The van der Waals surface area contributed by atoms with E-state index in [2.05, 4.69) is 35.9 Å². The maximum absolute atomic E-state index is 7.14. The highest BCUT2D eigenvalue weighted by Gasteiger charge is 1.97. The Kier molecular flexibility index (Phi) is 12.0. The van der Waals surface area contributed by atoms with Crippen molar-refractivity contribution in [1.29, 1.82) is 10.8 Å². The summed E-state index contributed by atoms with van der Waals surface area (Å²) in [6, 6.07) is 7.89. The molecule has 18 heavy (non-hydrogen) atoms. The maximum Gasteiger partial charge on any atom is 0.150 e. The monoisotopic (exact) mass is 414 g/mol. The van der Waals surface area contributed by atoms with Crippen LogP contribution in [-0.2, 0) is 13.1 Å². The van der Waals surface area contributed by atoms with Crippen LogP contribution in [0.5, 0.6) is 0 Å². The SMILES string of the molecule is Br.Br.N=C(S)NCc1cccc(CNC(=N)S)c1. The van der Waals surface area contributed by atoms with E-state index in [9.17, 15) is 0 Å². The molecule has 0 fully saturated rings. The molecule has 0 atom stereocenters. The molecular weight excluding hydrogens is 400 g/mol. The van der Waals surface area contributed by atoms with E-state index < -0.39 is 0 Å². The molecule has 0 bridgehead atoms. The zero-order valence-electron chi connectivity index (χ0n) is 9.43. The Morgan fingerprint density at radius 2 is 1.33 bits per heavy atom. The van der Waals surface area contributed by atoms with E-state index in [0.717, 1.165) is 11.1 Å². The van der Waals surface area contributed by atoms with Gasteiger partial charge in [-0.2, -0.15) is 0 Å². The maximum atomic E-state index is 7.14. The molecule has 0 radical (unpaired) electrons. The van der Waals surface area contributed by atoms with Crippen LogP contribution >= 0.6 is 59.2 Å². The van der Waals surface area contributed by atoms with Crippen LogP contribution in [0.2, 0.25) is 0 Å². The predicted octanol–water partition coefficient (Wildman–Crippen LogP) is 2.75. The molecule has 102 valence electrons. The van der Waals surface area contributed by atoms with Gasteiger partial charge in [0.25, 0.3) is 0 Å². The number of amidine groups is 2. The van der Waals surface area contributed by atoms with Gasteiger partial charge in [-0.05, 0) is 11.1 Å². The summed E-state index contributed by atoms with van der Waals surface area (Å²) in [6.07, 6.45) is 0. The zero-order chi connectivity index (χ0) is 12.0. The summed E-state index contributed by atoms with van der Waals surface area (Å²) in [5, 5.41) is 20.2. The van der Waals surface area contributed by atoms with Crippen LogP contribution < -0.4 is 10.6 Å². The smallest absolute Gasteiger partial charge is 0.150 e. The number of thiol groups is 2. The quantitative estimate of drug-likeness (QED) is 0.260. The normalized spacial score (nSPS) is 8.56. The van der Waals surface area contributed by atoms with Crippen LogP contribution in [0.4, 0.5) is 0 Å². The highest BCUT2D eigenvalue weighted by Crippen LogP contribution is 2.05. The van der Waals surface area contributed by atoms with Gasteiger partial charge >= 0.3 is 0 Å². The molecule has 1 aromatic rings. The lowest BCUT2D eigenvalue weighted by Crippen LogP contribution is -2.18. The standard InChI is InChI=1S/C10H14N4S2.2BrH/c11-9(15)13-5-7-2-1-3-8(4-7)6-14-10(12)16;;/h1-4H,5-6H2,(H3,11,13,15)(H3,12,14,16);2*1H. The average Bonchev–Trinajstić information content (AvgIpc) is 2.24. The van der Waals surface area contributed by atoms with Gasteiger partial charge < -0.3 is 10.6 Å². The summed E-state index contributed by atoms with van der Waals surface area (Å²) in [7, 11) is 0. The second kappa shape index (κ2) is 10.7. The van der Waals surface area contributed by atoms with Gasteiger partial charge in [-0.25, -0.2) is 0 Å². The zero-order valence-corrected chi connectivity index (χ0v) is 14.6. The number of hydrogen-bond acceptors (Lipinski definition) is 2. The van der Waals surface area contributed by atoms with Crippen molar-refractivity contribution in [2.45, 2.75) is 13.1 Å². The van der Waals surface area contributed by atoms with Gasteiger partial charge in [0.1, 0.15) is 0 Å².